The van der Waals surface area contributed by atoms with Crippen molar-refractivity contribution in [3.63, 3.8) is 0 Å². The summed E-state index contributed by atoms with van der Waals surface area (Å²) in [6.07, 6.45) is 8.79. The molecule has 0 unspecified atom stereocenters. The van der Waals surface area contributed by atoms with Gasteiger partial charge in [0.25, 0.3) is 11.1 Å². The molecule has 1 atom stereocenters. The van der Waals surface area contributed by atoms with Crippen LogP contribution in [0.5, 0.6) is 0 Å². The van der Waals surface area contributed by atoms with Crippen molar-refractivity contribution in [1.82, 2.24) is 34.0 Å². The van der Waals surface area contributed by atoms with Crippen molar-refractivity contribution in [2.75, 3.05) is 43.1 Å². The Hall–Kier alpha value is -4.85. The second kappa shape index (κ2) is 11.7. The van der Waals surface area contributed by atoms with Gasteiger partial charge in [-0.15, -0.1) is 0 Å². The molecule has 0 spiro atoms. The molecule has 7 heterocycles. The van der Waals surface area contributed by atoms with E-state index < -0.39 is 12.2 Å². The highest BCUT2D eigenvalue weighted by Gasteiger charge is 2.33. The lowest BCUT2D eigenvalue weighted by Crippen LogP contribution is -2.59. The smallest absolute Gasteiger partial charge is 0.287 e. The fourth-order valence-electron chi connectivity index (χ4n) is 7.45. The third-order valence-corrected chi connectivity index (χ3v) is 9.99. The second-order valence-electron chi connectivity index (χ2n) is 13.9. The fraction of sp³-hybridized carbons (Fsp3) is 0.400. The Bertz CT molecular complexity index is 2130. The molecule has 0 radical (unpaired) electrons. The molecular weight excluding hydrogens is 610 g/mol. The van der Waals surface area contributed by atoms with Crippen LogP contribution in [-0.2, 0) is 24.2 Å². The lowest BCUT2D eigenvalue weighted by molar-refractivity contribution is -0.0691. The van der Waals surface area contributed by atoms with E-state index in [1.54, 1.807) is 24.5 Å². The van der Waals surface area contributed by atoms with Crippen molar-refractivity contribution in [2.45, 2.75) is 52.3 Å². The van der Waals surface area contributed by atoms with E-state index in [1.165, 1.54) is 10.1 Å². The number of aromatic nitrogens is 6. The number of anilines is 3. The molecule has 248 valence electrons. The molecule has 48 heavy (non-hydrogen) atoms. The van der Waals surface area contributed by atoms with Crippen molar-refractivity contribution < 1.29 is 9.84 Å². The highest BCUT2D eigenvalue weighted by molar-refractivity contribution is 5.71. The summed E-state index contributed by atoms with van der Waals surface area (Å²) in [6.45, 7) is 10.8. The largest absolute Gasteiger partial charge is 0.392 e. The number of ether oxygens (including phenoxy) is 1. The minimum Gasteiger partial charge on any atom is -0.392 e. The normalized spacial score (nSPS) is 19.4. The van der Waals surface area contributed by atoms with E-state index in [1.807, 2.05) is 35.0 Å². The van der Waals surface area contributed by atoms with Gasteiger partial charge in [-0.1, -0.05) is 13.8 Å². The van der Waals surface area contributed by atoms with Gasteiger partial charge in [-0.05, 0) is 61.1 Å². The van der Waals surface area contributed by atoms with E-state index >= 15 is 0 Å². The first kappa shape index (κ1) is 30.5. The number of hydrogen-bond donors (Lipinski definition) is 3. The number of pyridine rings is 2. The maximum absolute atomic E-state index is 13.7. The number of rotatable bonds is 7. The van der Waals surface area contributed by atoms with Gasteiger partial charge in [-0.25, -0.2) is 15.1 Å². The van der Waals surface area contributed by atoms with Crippen molar-refractivity contribution >= 4 is 22.7 Å². The predicted octanol–water partition coefficient (Wildman–Crippen LogP) is 2.90. The molecule has 1 aliphatic carbocycles. The molecule has 0 aromatic carbocycles. The molecule has 13 heteroatoms. The Morgan fingerprint density at radius 2 is 1.94 bits per heavy atom. The number of fused-ring (bicyclic) bond motifs is 3. The average Bonchev–Trinajstić information content (AvgIpc) is 3.54. The van der Waals surface area contributed by atoms with Gasteiger partial charge in [0, 0.05) is 61.1 Å². The maximum Gasteiger partial charge on any atom is 0.287 e. The summed E-state index contributed by atoms with van der Waals surface area (Å²) in [6, 6.07) is 10.0. The number of aromatic amines is 1. The van der Waals surface area contributed by atoms with Gasteiger partial charge >= 0.3 is 0 Å². The molecule has 5 aromatic rings. The van der Waals surface area contributed by atoms with Crippen LogP contribution in [-0.4, -0.2) is 84.1 Å². The van der Waals surface area contributed by atoms with Crippen LogP contribution < -0.4 is 21.3 Å². The van der Waals surface area contributed by atoms with Crippen LogP contribution in [0.25, 0.3) is 22.6 Å². The molecular formula is C35H39N9O4. The van der Waals surface area contributed by atoms with Gasteiger partial charge in [0.05, 0.1) is 43.4 Å². The standard InChI is InChI=1S/C35H39N9O4/c1-21-17-41(24-19-48-20-24)8-9-42(21)23-4-5-31(37-16-23)38-28-13-27(39-40-33(28)46)25-6-7-36-32(26(25)18-45)44-11-10-43-29(34(44)47)12-22-14-35(2,3)15-30(22)43/h4-7,10-13,16,21,24,45H,8-9,14-15,17-20H2,1-3H3,(H,40,46)(H,37,38,39)/t21-/m0/s1. The van der Waals surface area contributed by atoms with Crippen LogP contribution in [0.15, 0.2) is 64.7 Å². The Kier molecular flexibility index (Phi) is 7.42. The first-order chi connectivity index (χ1) is 23.2. The number of nitrogens with one attached hydrogen (secondary N) is 2. The highest BCUT2D eigenvalue weighted by Crippen LogP contribution is 2.37. The molecule has 3 N–H and O–H groups in total. The van der Waals surface area contributed by atoms with Crippen LogP contribution >= 0.6 is 0 Å². The number of piperazine rings is 1. The summed E-state index contributed by atoms with van der Waals surface area (Å²) in [5.74, 6) is 0.819. The topological polar surface area (TPSA) is 146 Å². The summed E-state index contributed by atoms with van der Waals surface area (Å²) < 4.78 is 8.81. The third-order valence-electron chi connectivity index (χ3n) is 9.99. The fourth-order valence-corrected chi connectivity index (χ4v) is 7.45. The highest BCUT2D eigenvalue weighted by atomic mass is 16.5. The van der Waals surface area contributed by atoms with Crippen LogP contribution in [0.1, 0.15) is 37.6 Å². The Morgan fingerprint density at radius 1 is 1.08 bits per heavy atom. The average molecular weight is 650 g/mol. The van der Waals surface area contributed by atoms with E-state index in [9.17, 15) is 14.7 Å². The molecule has 8 rings (SSSR count). The van der Waals surface area contributed by atoms with Gasteiger partial charge in [0.15, 0.2) is 0 Å². The summed E-state index contributed by atoms with van der Waals surface area (Å²) in [4.78, 5) is 40.6. The van der Waals surface area contributed by atoms with Gasteiger partial charge in [0.1, 0.15) is 22.8 Å². The van der Waals surface area contributed by atoms with Gasteiger partial charge in [-0.3, -0.25) is 19.1 Å². The zero-order valence-electron chi connectivity index (χ0n) is 27.3. The zero-order valence-corrected chi connectivity index (χ0v) is 27.3. The summed E-state index contributed by atoms with van der Waals surface area (Å²) >= 11 is 0. The van der Waals surface area contributed by atoms with Crippen molar-refractivity contribution in [3.8, 4) is 17.1 Å². The molecule has 2 saturated heterocycles. The number of H-pyrrole nitrogens is 1. The van der Waals surface area contributed by atoms with Crippen molar-refractivity contribution in [3.05, 3.63) is 92.6 Å². The Morgan fingerprint density at radius 3 is 2.67 bits per heavy atom. The van der Waals surface area contributed by atoms with Gasteiger partial charge in [0.2, 0.25) is 0 Å². The summed E-state index contributed by atoms with van der Waals surface area (Å²) in [5.41, 5.74) is 5.08. The summed E-state index contributed by atoms with van der Waals surface area (Å²) in [7, 11) is 0. The van der Waals surface area contributed by atoms with E-state index in [4.69, 9.17) is 4.74 Å². The minimum atomic E-state index is -0.416. The molecule has 3 aliphatic rings. The van der Waals surface area contributed by atoms with Gasteiger partial charge in [-0.2, -0.15) is 5.10 Å². The second-order valence-corrected chi connectivity index (χ2v) is 13.9. The quantitative estimate of drug-likeness (QED) is 0.241. The van der Waals surface area contributed by atoms with Gasteiger partial charge < -0.3 is 24.5 Å². The molecule has 0 saturated carbocycles. The third kappa shape index (κ3) is 5.27. The first-order valence-electron chi connectivity index (χ1n) is 16.4. The molecule has 0 bridgehead atoms. The Balaban J connectivity index is 1.05. The van der Waals surface area contributed by atoms with Crippen LogP contribution in [0.2, 0.25) is 0 Å². The number of aliphatic hydroxyl groups is 1. The molecule has 0 amide bonds. The monoisotopic (exact) mass is 649 g/mol. The molecule has 5 aromatic heterocycles. The maximum atomic E-state index is 13.7. The zero-order chi connectivity index (χ0) is 33.2. The van der Waals surface area contributed by atoms with E-state index in [2.05, 4.69) is 56.1 Å². The van der Waals surface area contributed by atoms with Crippen LogP contribution in [0.4, 0.5) is 17.2 Å². The lowest BCUT2D eigenvalue weighted by Gasteiger charge is -2.46. The van der Waals surface area contributed by atoms with Crippen LogP contribution in [0, 0.1) is 5.41 Å². The molecule has 13 nitrogen and oxygen atoms in total. The number of hydrogen-bond acceptors (Lipinski definition) is 10. The molecule has 2 fully saturated rings. The first-order valence-corrected chi connectivity index (χ1v) is 16.4. The summed E-state index contributed by atoms with van der Waals surface area (Å²) in [5, 5.41) is 20.5. The van der Waals surface area contributed by atoms with Crippen molar-refractivity contribution in [2.24, 2.45) is 5.41 Å². The van der Waals surface area contributed by atoms with Crippen LogP contribution in [0.3, 0.4) is 0 Å². The lowest BCUT2D eigenvalue weighted by atomic mass is 9.90. The predicted molar refractivity (Wildman–Crippen MR) is 182 cm³/mol. The van der Waals surface area contributed by atoms with E-state index in [0.717, 1.165) is 57.1 Å². The van der Waals surface area contributed by atoms with E-state index in [0.29, 0.717) is 46.1 Å². The number of aliphatic hydroxyl groups excluding tert-OH is 1. The number of nitrogens with zero attached hydrogens (tertiary/aromatic N) is 7. The molecule has 2 aliphatic heterocycles. The SMILES string of the molecule is C[C@H]1CN(C2COC2)CCN1c1ccc(Nc2cc(-c3ccnc(-n4ccn5c6c(cc5c4=O)CC(C)(C)C6)c3CO)n[nH]c2=O)nc1. The minimum absolute atomic E-state index is 0.164. The van der Waals surface area contributed by atoms with E-state index in [-0.39, 0.29) is 16.7 Å². The Labute approximate surface area is 276 Å². The van der Waals surface area contributed by atoms with Crippen molar-refractivity contribution in [1.29, 1.82) is 0 Å².